The van der Waals surface area contributed by atoms with Crippen LogP contribution in [-0.4, -0.2) is 27.4 Å². The van der Waals surface area contributed by atoms with Crippen LogP contribution in [0.25, 0.3) is 11.3 Å². The van der Waals surface area contributed by atoms with E-state index < -0.39 is 6.04 Å². The topological polar surface area (TPSA) is 57.0 Å². The van der Waals surface area contributed by atoms with Crippen molar-refractivity contribution >= 4 is 5.78 Å². The molecule has 0 saturated carbocycles. The van der Waals surface area contributed by atoms with Gasteiger partial charge in [-0.15, -0.1) is 5.10 Å². The molecule has 5 heteroatoms. The molecule has 1 aliphatic rings. The summed E-state index contributed by atoms with van der Waals surface area (Å²) in [5, 5.41) is 8.30. The normalized spacial score (nSPS) is 16.7. The number of fused-ring (bicyclic) bond motifs is 1. The fraction of sp³-hybridized carbons (Fsp3) is 0.167. The molecule has 1 aromatic heterocycles. The molecule has 0 saturated heterocycles. The van der Waals surface area contributed by atoms with Gasteiger partial charge in [-0.05, 0) is 19.1 Å². The van der Waals surface area contributed by atoms with Gasteiger partial charge in [-0.2, -0.15) is 0 Å². The van der Waals surface area contributed by atoms with E-state index in [2.05, 4.69) is 10.3 Å². The summed E-state index contributed by atoms with van der Waals surface area (Å²) in [6.45, 7) is 2.23. The first-order chi connectivity index (χ1) is 11.2. The van der Waals surface area contributed by atoms with Crippen molar-refractivity contribution < 1.29 is 9.53 Å². The van der Waals surface area contributed by atoms with E-state index in [-0.39, 0.29) is 12.4 Å². The Morgan fingerprint density at radius 1 is 1.17 bits per heavy atom. The number of carbonyl (C=O) groups excluding carboxylic acids is 1. The maximum atomic E-state index is 12.7. The molecule has 114 valence electrons. The monoisotopic (exact) mass is 305 g/mol. The maximum Gasteiger partial charge on any atom is 0.194 e. The third-order valence-electron chi connectivity index (χ3n) is 4.00. The quantitative estimate of drug-likeness (QED) is 0.730. The minimum absolute atomic E-state index is 0.0134. The Labute approximate surface area is 133 Å². The second kappa shape index (κ2) is 5.35. The highest BCUT2D eigenvalue weighted by Gasteiger charge is 2.31. The van der Waals surface area contributed by atoms with E-state index in [4.69, 9.17) is 4.74 Å². The zero-order chi connectivity index (χ0) is 15.8. The van der Waals surface area contributed by atoms with E-state index in [9.17, 15) is 4.79 Å². The summed E-state index contributed by atoms with van der Waals surface area (Å²) < 4.78 is 7.31. The highest BCUT2D eigenvalue weighted by Crippen LogP contribution is 2.30. The Hall–Kier alpha value is -2.95. The number of rotatable bonds is 2. The predicted octanol–water partition coefficient (Wildman–Crippen LogP) is 3.07. The highest BCUT2D eigenvalue weighted by molar-refractivity contribution is 6.02. The van der Waals surface area contributed by atoms with Gasteiger partial charge in [0, 0.05) is 5.56 Å². The molecular formula is C18H15N3O2. The van der Waals surface area contributed by atoms with Crippen LogP contribution in [-0.2, 0) is 0 Å². The summed E-state index contributed by atoms with van der Waals surface area (Å²) >= 11 is 0. The van der Waals surface area contributed by atoms with Gasteiger partial charge in [-0.1, -0.05) is 47.2 Å². The Kier molecular flexibility index (Phi) is 3.19. The lowest BCUT2D eigenvalue weighted by molar-refractivity contribution is 0.0826. The zero-order valence-electron chi connectivity index (χ0n) is 12.6. The molecule has 3 aromatic rings. The number of carbonyl (C=O) groups is 1. The number of nitrogens with zero attached hydrogens (tertiary/aromatic N) is 3. The first kappa shape index (κ1) is 13.7. The average molecular weight is 305 g/mol. The van der Waals surface area contributed by atoms with Crippen LogP contribution in [0.4, 0.5) is 0 Å². The lowest BCUT2D eigenvalue weighted by Gasteiger charge is -2.24. The molecule has 1 aliphatic heterocycles. The van der Waals surface area contributed by atoms with E-state index >= 15 is 0 Å². The number of aryl methyl sites for hydroxylation is 1. The summed E-state index contributed by atoms with van der Waals surface area (Å²) in [6, 6.07) is 14.9. The molecule has 0 bridgehead atoms. The molecule has 4 rings (SSSR count). The summed E-state index contributed by atoms with van der Waals surface area (Å²) in [5.41, 5.74) is 3.36. The largest absolute Gasteiger partial charge is 0.490 e. The molecule has 1 atom stereocenters. The van der Waals surface area contributed by atoms with Gasteiger partial charge in [-0.25, -0.2) is 4.68 Å². The molecule has 0 N–H and O–H groups in total. The highest BCUT2D eigenvalue weighted by atomic mass is 16.5. The fourth-order valence-electron chi connectivity index (χ4n) is 2.75. The van der Waals surface area contributed by atoms with Crippen LogP contribution < -0.4 is 4.74 Å². The fourth-order valence-corrected chi connectivity index (χ4v) is 2.75. The predicted molar refractivity (Wildman–Crippen MR) is 85.5 cm³/mol. The minimum atomic E-state index is -0.478. The number of aromatic nitrogens is 3. The number of hydrogen-bond donors (Lipinski definition) is 0. The van der Waals surface area contributed by atoms with E-state index in [1.807, 2.05) is 55.5 Å². The van der Waals surface area contributed by atoms with Gasteiger partial charge < -0.3 is 4.74 Å². The van der Waals surface area contributed by atoms with Crippen molar-refractivity contribution in [1.82, 2.24) is 15.0 Å². The zero-order valence-corrected chi connectivity index (χ0v) is 12.6. The Morgan fingerprint density at radius 3 is 2.83 bits per heavy atom. The van der Waals surface area contributed by atoms with Crippen LogP contribution in [0.5, 0.6) is 5.75 Å². The van der Waals surface area contributed by atoms with Crippen molar-refractivity contribution in [3.05, 3.63) is 65.9 Å². The Balaban J connectivity index is 1.67. The van der Waals surface area contributed by atoms with Crippen molar-refractivity contribution in [3.63, 3.8) is 0 Å². The smallest absolute Gasteiger partial charge is 0.194 e. The van der Waals surface area contributed by atoms with Crippen LogP contribution in [0.1, 0.15) is 22.0 Å². The first-order valence-corrected chi connectivity index (χ1v) is 7.47. The standard InChI is InChI=1S/C18H15N3O2/c1-12-7-8-17-14(9-12)18(22)16(11-23-17)21-10-15(19-20-21)13-5-3-2-4-6-13/h2-10,16H,11H2,1H3. The van der Waals surface area contributed by atoms with Crippen molar-refractivity contribution in [2.75, 3.05) is 6.61 Å². The summed E-state index contributed by atoms with van der Waals surface area (Å²) in [4.78, 5) is 12.7. The van der Waals surface area contributed by atoms with Gasteiger partial charge in [0.2, 0.25) is 0 Å². The van der Waals surface area contributed by atoms with Crippen LogP contribution >= 0.6 is 0 Å². The van der Waals surface area contributed by atoms with Gasteiger partial charge in [0.05, 0.1) is 11.8 Å². The van der Waals surface area contributed by atoms with Crippen LogP contribution in [0.3, 0.4) is 0 Å². The van der Waals surface area contributed by atoms with Crippen LogP contribution in [0, 0.1) is 6.92 Å². The number of ketones is 1. The Morgan fingerprint density at radius 2 is 2.00 bits per heavy atom. The number of Topliss-reactive ketones (excluding diaryl/α,β-unsaturated/α-hetero) is 1. The van der Waals surface area contributed by atoms with Crippen molar-refractivity contribution in [2.45, 2.75) is 13.0 Å². The molecule has 23 heavy (non-hydrogen) atoms. The van der Waals surface area contributed by atoms with Crippen molar-refractivity contribution in [1.29, 1.82) is 0 Å². The molecule has 0 fully saturated rings. The number of hydrogen-bond acceptors (Lipinski definition) is 4. The number of benzene rings is 2. The molecule has 2 aromatic carbocycles. The second-order valence-corrected chi connectivity index (χ2v) is 5.64. The molecule has 1 unspecified atom stereocenters. The van der Waals surface area contributed by atoms with Gasteiger partial charge in [0.1, 0.15) is 18.1 Å². The Bertz CT molecular complexity index is 871. The van der Waals surface area contributed by atoms with Gasteiger partial charge in [-0.3, -0.25) is 4.79 Å². The number of ether oxygens (including phenoxy) is 1. The molecule has 0 radical (unpaired) electrons. The molecule has 0 aliphatic carbocycles. The minimum Gasteiger partial charge on any atom is -0.490 e. The third kappa shape index (κ3) is 2.40. The SMILES string of the molecule is Cc1ccc2c(c1)C(=O)C(n1cc(-c3ccccc3)nn1)CO2. The van der Waals surface area contributed by atoms with E-state index in [0.717, 1.165) is 16.8 Å². The van der Waals surface area contributed by atoms with Crippen LogP contribution in [0.2, 0.25) is 0 Å². The third-order valence-corrected chi connectivity index (χ3v) is 4.00. The lowest BCUT2D eigenvalue weighted by atomic mass is 9.99. The van der Waals surface area contributed by atoms with Gasteiger partial charge >= 0.3 is 0 Å². The van der Waals surface area contributed by atoms with Crippen molar-refractivity contribution in [2.24, 2.45) is 0 Å². The average Bonchev–Trinajstić information content (AvgIpc) is 3.06. The summed E-state index contributed by atoms with van der Waals surface area (Å²) in [5.74, 6) is 0.653. The van der Waals surface area contributed by atoms with Gasteiger partial charge in [0.25, 0.3) is 0 Å². The van der Waals surface area contributed by atoms with E-state index in [1.54, 1.807) is 10.9 Å². The maximum absolute atomic E-state index is 12.7. The summed E-state index contributed by atoms with van der Waals surface area (Å²) in [6.07, 6.45) is 1.79. The van der Waals surface area contributed by atoms with Crippen LogP contribution in [0.15, 0.2) is 54.7 Å². The van der Waals surface area contributed by atoms with E-state index in [1.165, 1.54) is 0 Å². The van der Waals surface area contributed by atoms with Crippen molar-refractivity contribution in [3.8, 4) is 17.0 Å². The van der Waals surface area contributed by atoms with Gasteiger partial charge in [0.15, 0.2) is 11.8 Å². The van der Waals surface area contributed by atoms with E-state index in [0.29, 0.717) is 11.3 Å². The molecule has 0 amide bonds. The summed E-state index contributed by atoms with van der Waals surface area (Å²) in [7, 11) is 0. The molecule has 0 spiro atoms. The molecule has 5 nitrogen and oxygen atoms in total. The second-order valence-electron chi connectivity index (χ2n) is 5.64. The first-order valence-electron chi connectivity index (χ1n) is 7.47. The molecular weight excluding hydrogens is 290 g/mol. The lowest BCUT2D eigenvalue weighted by Crippen LogP contribution is -2.31. The molecule has 2 heterocycles.